The van der Waals surface area contributed by atoms with E-state index in [0.29, 0.717) is 24.4 Å². The molecule has 0 saturated heterocycles. The van der Waals surface area contributed by atoms with E-state index in [-0.39, 0.29) is 6.61 Å². The van der Waals surface area contributed by atoms with Crippen molar-refractivity contribution in [3.05, 3.63) is 47.8 Å². The first-order valence-corrected chi connectivity index (χ1v) is 7.39. The Labute approximate surface area is 138 Å². The van der Waals surface area contributed by atoms with E-state index in [1.54, 1.807) is 0 Å². The highest BCUT2D eigenvalue weighted by Crippen LogP contribution is 2.16. The molecule has 0 saturated carbocycles. The summed E-state index contributed by atoms with van der Waals surface area (Å²) in [5.41, 5.74) is 1.65. The van der Waals surface area contributed by atoms with E-state index >= 15 is 0 Å². The van der Waals surface area contributed by atoms with Gasteiger partial charge in [-0.15, -0.1) is 0 Å². The molecule has 1 N–H and O–H groups in total. The fraction of sp³-hybridized carbons (Fsp3) is 0.375. The fourth-order valence-corrected chi connectivity index (χ4v) is 2.05. The third-order valence-electron chi connectivity index (χ3n) is 3.16. The van der Waals surface area contributed by atoms with Crippen molar-refractivity contribution in [2.24, 2.45) is 0 Å². The largest absolute Gasteiger partial charge is 0.444 e. The highest BCUT2D eigenvalue weighted by molar-refractivity contribution is 5.85. The molecule has 1 amide bonds. The third-order valence-corrected chi connectivity index (χ3v) is 3.16. The van der Waals surface area contributed by atoms with Crippen molar-refractivity contribution >= 4 is 11.8 Å². The summed E-state index contributed by atoms with van der Waals surface area (Å²) in [6.45, 7) is -0.0641. The Morgan fingerprint density at radius 3 is 2.75 bits per heavy atom. The van der Waals surface area contributed by atoms with Crippen LogP contribution in [-0.2, 0) is 29.0 Å². The van der Waals surface area contributed by atoms with Gasteiger partial charge in [-0.1, -0.05) is 30.3 Å². The molecule has 1 aromatic heterocycles. The molecule has 1 heterocycles. The van der Waals surface area contributed by atoms with Gasteiger partial charge in [-0.05, 0) is 5.56 Å². The van der Waals surface area contributed by atoms with Crippen LogP contribution in [0.15, 0.2) is 36.5 Å². The van der Waals surface area contributed by atoms with Gasteiger partial charge in [0.05, 0.1) is 18.0 Å². The van der Waals surface area contributed by atoms with Gasteiger partial charge in [0, 0.05) is 19.7 Å². The molecule has 0 spiro atoms. The first-order chi connectivity index (χ1) is 11.6. The summed E-state index contributed by atoms with van der Waals surface area (Å²) in [6, 6.07) is 9.21. The number of nitrogens with one attached hydrogen (secondary N) is 1. The summed E-state index contributed by atoms with van der Waals surface area (Å²) < 4.78 is 36.1. The Hall–Kier alpha value is -2.48. The van der Waals surface area contributed by atoms with Gasteiger partial charge in [-0.3, -0.25) is 10.00 Å². The number of benzene rings is 1. The van der Waals surface area contributed by atoms with E-state index in [2.05, 4.69) is 10.4 Å². The van der Waals surface area contributed by atoms with E-state index in [4.69, 9.17) is 9.47 Å². The Kier molecular flexibility index (Phi) is 6.68. The molecule has 0 fully saturated rings. The van der Waals surface area contributed by atoms with Crippen LogP contribution in [0.1, 0.15) is 11.3 Å². The van der Waals surface area contributed by atoms with E-state index in [9.17, 15) is 13.6 Å². The van der Waals surface area contributed by atoms with Gasteiger partial charge in [-0.25, -0.2) is 13.6 Å². The second kappa shape index (κ2) is 8.97. The Bertz CT molecular complexity index is 647. The van der Waals surface area contributed by atoms with Crippen molar-refractivity contribution in [3.8, 4) is 0 Å². The van der Waals surface area contributed by atoms with Gasteiger partial charge in [0.15, 0.2) is 0 Å². The van der Waals surface area contributed by atoms with Crippen LogP contribution < -0.4 is 5.32 Å². The first kappa shape index (κ1) is 17.9. The monoisotopic (exact) mass is 339 g/mol. The van der Waals surface area contributed by atoms with Gasteiger partial charge in [0.1, 0.15) is 13.2 Å². The summed E-state index contributed by atoms with van der Waals surface area (Å²) in [5.74, 6) is 0. The number of carbonyl (C=O) groups excluding carboxylic acids is 1. The summed E-state index contributed by atoms with van der Waals surface area (Å²) >= 11 is 0. The Morgan fingerprint density at radius 2 is 2.08 bits per heavy atom. The molecule has 0 unspecified atom stereocenters. The minimum absolute atomic E-state index is 0.116. The van der Waals surface area contributed by atoms with Crippen LogP contribution in [0.2, 0.25) is 0 Å². The van der Waals surface area contributed by atoms with E-state index in [1.165, 1.54) is 13.3 Å². The molecule has 0 radical (unpaired) electrons. The van der Waals surface area contributed by atoms with Crippen molar-refractivity contribution in [2.75, 3.05) is 19.0 Å². The Balaban J connectivity index is 1.97. The standard InChI is InChI=1S/C16H19F2N3O3/c1-23-8-7-13-14(9-21(20-13)10-15(17)18)19-16(22)24-11-12-5-3-2-4-6-12/h2-6,9,15H,7-8,10-11H2,1H3,(H,19,22). The van der Waals surface area contributed by atoms with E-state index in [0.717, 1.165) is 10.2 Å². The molecular weight excluding hydrogens is 320 g/mol. The quantitative estimate of drug-likeness (QED) is 0.803. The van der Waals surface area contributed by atoms with Crippen LogP contribution in [0.5, 0.6) is 0 Å². The normalized spacial score (nSPS) is 10.8. The summed E-state index contributed by atoms with van der Waals surface area (Å²) in [5, 5.41) is 6.58. The second-order valence-corrected chi connectivity index (χ2v) is 5.03. The lowest BCUT2D eigenvalue weighted by Crippen LogP contribution is -2.14. The van der Waals surface area contributed by atoms with Gasteiger partial charge >= 0.3 is 6.09 Å². The number of ether oxygens (including phenoxy) is 2. The summed E-state index contributed by atoms with van der Waals surface area (Å²) in [7, 11) is 1.53. The van der Waals surface area contributed by atoms with Gasteiger partial charge in [-0.2, -0.15) is 5.10 Å². The fourth-order valence-electron chi connectivity index (χ4n) is 2.05. The van der Waals surface area contributed by atoms with Crippen LogP contribution in [0.25, 0.3) is 0 Å². The lowest BCUT2D eigenvalue weighted by atomic mass is 10.2. The molecule has 0 aliphatic rings. The molecule has 2 aromatic rings. The maximum atomic E-state index is 12.5. The molecule has 130 valence electrons. The number of rotatable bonds is 8. The molecular formula is C16H19F2N3O3. The topological polar surface area (TPSA) is 65.4 Å². The first-order valence-electron chi connectivity index (χ1n) is 7.39. The number of carbonyl (C=O) groups is 1. The predicted molar refractivity (Wildman–Crippen MR) is 84.1 cm³/mol. The van der Waals surface area contributed by atoms with Crippen molar-refractivity contribution in [1.29, 1.82) is 0 Å². The number of nitrogens with zero attached hydrogens (tertiary/aromatic N) is 2. The molecule has 6 nitrogen and oxygen atoms in total. The maximum absolute atomic E-state index is 12.5. The van der Waals surface area contributed by atoms with Gasteiger partial charge < -0.3 is 9.47 Å². The molecule has 0 atom stereocenters. The zero-order valence-electron chi connectivity index (χ0n) is 13.2. The smallest absolute Gasteiger partial charge is 0.412 e. The second-order valence-electron chi connectivity index (χ2n) is 5.03. The lowest BCUT2D eigenvalue weighted by molar-refractivity contribution is 0.121. The van der Waals surface area contributed by atoms with E-state index < -0.39 is 19.1 Å². The van der Waals surface area contributed by atoms with Crippen LogP contribution in [-0.4, -0.2) is 36.0 Å². The molecule has 8 heteroatoms. The summed E-state index contributed by atoms with van der Waals surface area (Å²) in [4.78, 5) is 11.9. The number of amides is 1. The zero-order chi connectivity index (χ0) is 17.4. The highest BCUT2D eigenvalue weighted by Gasteiger charge is 2.15. The van der Waals surface area contributed by atoms with E-state index in [1.807, 2.05) is 30.3 Å². The molecule has 2 rings (SSSR count). The van der Waals surface area contributed by atoms with Crippen LogP contribution in [0, 0.1) is 0 Å². The minimum atomic E-state index is -2.53. The number of halogens is 2. The molecule has 0 aliphatic carbocycles. The van der Waals surface area contributed by atoms with Crippen molar-refractivity contribution in [3.63, 3.8) is 0 Å². The zero-order valence-corrected chi connectivity index (χ0v) is 13.2. The Morgan fingerprint density at radius 1 is 1.33 bits per heavy atom. The number of hydrogen-bond acceptors (Lipinski definition) is 4. The predicted octanol–water partition coefficient (Wildman–Crippen LogP) is 3.09. The van der Waals surface area contributed by atoms with Crippen LogP contribution in [0.4, 0.5) is 19.3 Å². The SMILES string of the molecule is COCCc1nn(CC(F)F)cc1NC(=O)OCc1ccccc1. The number of hydrogen-bond donors (Lipinski definition) is 1. The van der Waals surface area contributed by atoms with Crippen LogP contribution >= 0.6 is 0 Å². The number of anilines is 1. The minimum Gasteiger partial charge on any atom is -0.444 e. The number of aromatic nitrogens is 2. The van der Waals surface area contributed by atoms with Crippen LogP contribution in [0.3, 0.4) is 0 Å². The number of methoxy groups -OCH3 is 1. The highest BCUT2D eigenvalue weighted by atomic mass is 19.3. The van der Waals surface area contributed by atoms with Gasteiger partial charge in [0.25, 0.3) is 6.43 Å². The molecule has 24 heavy (non-hydrogen) atoms. The average Bonchev–Trinajstić information content (AvgIpc) is 2.92. The van der Waals surface area contributed by atoms with Crippen molar-refractivity contribution in [1.82, 2.24) is 9.78 Å². The number of alkyl halides is 2. The van der Waals surface area contributed by atoms with Crippen molar-refractivity contribution < 1.29 is 23.0 Å². The lowest BCUT2D eigenvalue weighted by Gasteiger charge is -2.07. The molecule has 0 aliphatic heterocycles. The molecule has 0 bridgehead atoms. The molecule has 1 aromatic carbocycles. The summed E-state index contributed by atoms with van der Waals surface area (Å²) in [6.07, 6.45) is -1.45. The maximum Gasteiger partial charge on any atom is 0.412 e. The average molecular weight is 339 g/mol. The third kappa shape index (κ3) is 5.62. The van der Waals surface area contributed by atoms with Gasteiger partial charge in [0.2, 0.25) is 0 Å². The van der Waals surface area contributed by atoms with Crippen molar-refractivity contribution in [2.45, 2.75) is 26.0 Å².